The van der Waals surface area contributed by atoms with Crippen LogP contribution in [0.3, 0.4) is 0 Å². The molecule has 1 saturated heterocycles. The van der Waals surface area contributed by atoms with Gasteiger partial charge >= 0.3 is 0 Å². The predicted octanol–water partition coefficient (Wildman–Crippen LogP) is 1.52. The molecule has 8 nitrogen and oxygen atoms in total. The van der Waals surface area contributed by atoms with E-state index in [9.17, 15) is 17.6 Å². The molecule has 11 heteroatoms. The fourth-order valence-electron chi connectivity index (χ4n) is 2.88. The lowest BCUT2D eigenvalue weighted by Gasteiger charge is -2.34. The predicted molar refractivity (Wildman–Crippen MR) is 103 cm³/mol. The van der Waals surface area contributed by atoms with Gasteiger partial charge in [-0.3, -0.25) is 9.89 Å². The molecule has 0 bridgehead atoms. The summed E-state index contributed by atoms with van der Waals surface area (Å²) in [5, 5.41) is 7.44. The molecule has 1 amide bonds. The molecule has 0 unspecified atom stereocenters. The van der Waals surface area contributed by atoms with Crippen LogP contribution in [0.2, 0.25) is 0 Å². The van der Waals surface area contributed by atoms with Gasteiger partial charge in [-0.2, -0.15) is 4.31 Å². The average molecular weight is 428 g/mol. The molecule has 0 radical (unpaired) electrons. The third kappa shape index (κ3) is 4.70. The number of carbonyl (C=O) groups excluding carboxylic acids is 1. The molecule has 0 atom stereocenters. The van der Waals surface area contributed by atoms with Crippen molar-refractivity contribution >= 4 is 27.7 Å². The van der Waals surface area contributed by atoms with Crippen molar-refractivity contribution < 1.29 is 17.6 Å². The fourth-order valence-corrected chi connectivity index (χ4v) is 5.09. The summed E-state index contributed by atoms with van der Waals surface area (Å²) < 4.78 is 40.3. The zero-order valence-electron chi connectivity index (χ0n) is 15.5. The number of nitrogens with zero attached hydrogens (tertiary/aromatic N) is 4. The molecule has 0 spiro atoms. The Balaban J connectivity index is 1.53. The van der Waals surface area contributed by atoms with E-state index in [0.29, 0.717) is 5.16 Å². The van der Waals surface area contributed by atoms with Crippen molar-refractivity contribution in [3.63, 3.8) is 0 Å². The Bertz CT molecular complexity index is 926. The van der Waals surface area contributed by atoms with Crippen LogP contribution >= 0.6 is 11.8 Å². The van der Waals surface area contributed by atoms with Gasteiger partial charge in [0.05, 0.1) is 5.75 Å². The number of nitrogens with one attached hydrogen (secondary N) is 1. The zero-order chi connectivity index (χ0) is 20.1. The first-order valence-electron chi connectivity index (χ1n) is 8.98. The number of rotatable bonds is 7. The number of benzene rings is 1. The number of H-pyrrole nitrogens is 1. The van der Waals surface area contributed by atoms with E-state index in [1.165, 1.54) is 34.3 Å². The fraction of sp³-hybridized carbons (Fsp3) is 0.471. The van der Waals surface area contributed by atoms with E-state index in [1.807, 2.05) is 6.92 Å². The summed E-state index contributed by atoms with van der Waals surface area (Å²) in [6, 6.07) is 5.31. The van der Waals surface area contributed by atoms with Gasteiger partial charge in [0, 0.05) is 32.6 Å². The highest BCUT2D eigenvalue weighted by Gasteiger charge is 2.31. The summed E-state index contributed by atoms with van der Waals surface area (Å²) >= 11 is 1.25. The number of sulfonamides is 1. The van der Waals surface area contributed by atoms with E-state index >= 15 is 0 Å². The molecule has 1 aromatic heterocycles. The van der Waals surface area contributed by atoms with Gasteiger partial charge in [0.15, 0.2) is 0 Å². The van der Waals surface area contributed by atoms with Crippen LogP contribution in [-0.4, -0.2) is 70.6 Å². The Morgan fingerprint density at radius 2 is 1.96 bits per heavy atom. The quantitative estimate of drug-likeness (QED) is 0.673. The van der Waals surface area contributed by atoms with Gasteiger partial charge in [-0.1, -0.05) is 30.8 Å². The first kappa shape index (κ1) is 20.7. The minimum atomic E-state index is -3.91. The zero-order valence-corrected chi connectivity index (χ0v) is 17.1. The standard InChI is InChI=1S/C17H22FN5O3S2/c1-2-5-15-19-17(21-20-15)27-12-16(24)22-8-10-23(11-9-22)28(25,26)14-7-4-3-6-13(14)18/h3-4,6-7H,2,5,8-12H2,1H3,(H,19,20,21). The number of carbonyl (C=O) groups is 1. The highest BCUT2D eigenvalue weighted by Crippen LogP contribution is 2.21. The molecule has 1 aliphatic heterocycles. The Morgan fingerprint density at radius 1 is 1.25 bits per heavy atom. The van der Waals surface area contributed by atoms with Crippen molar-refractivity contribution in [3.8, 4) is 0 Å². The molecule has 1 fully saturated rings. The Morgan fingerprint density at radius 3 is 2.64 bits per heavy atom. The van der Waals surface area contributed by atoms with Gasteiger partial charge in [0.25, 0.3) is 0 Å². The van der Waals surface area contributed by atoms with Gasteiger partial charge < -0.3 is 4.90 Å². The Kier molecular flexibility index (Phi) is 6.68. The van der Waals surface area contributed by atoms with Crippen molar-refractivity contribution in [1.82, 2.24) is 24.4 Å². The van der Waals surface area contributed by atoms with E-state index in [2.05, 4.69) is 15.2 Å². The summed E-state index contributed by atoms with van der Waals surface area (Å²) in [6.07, 6.45) is 1.76. The Hall–Kier alpha value is -1.98. The van der Waals surface area contributed by atoms with Crippen LogP contribution in [0.4, 0.5) is 4.39 Å². The highest BCUT2D eigenvalue weighted by molar-refractivity contribution is 7.99. The van der Waals surface area contributed by atoms with E-state index in [4.69, 9.17) is 0 Å². The van der Waals surface area contributed by atoms with Crippen molar-refractivity contribution in [3.05, 3.63) is 35.9 Å². The monoisotopic (exact) mass is 427 g/mol. The van der Waals surface area contributed by atoms with Gasteiger partial charge in [-0.25, -0.2) is 17.8 Å². The topological polar surface area (TPSA) is 99.3 Å². The summed E-state index contributed by atoms with van der Waals surface area (Å²) in [6.45, 7) is 2.85. The number of piperazine rings is 1. The second-order valence-corrected chi connectivity index (χ2v) is 9.17. The average Bonchev–Trinajstić information content (AvgIpc) is 3.14. The maximum absolute atomic E-state index is 13.9. The molecule has 0 saturated carbocycles. The van der Waals surface area contributed by atoms with Crippen LogP contribution in [0.25, 0.3) is 0 Å². The molecule has 3 rings (SSSR count). The first-order chi connectivity index (χ1) is 13.4. The number of hydrogen-bond acceptors (Lipinski definition) is 6. The lowest BCUT2D eigenvalue weighted by Crippen LogP contribution is -2.51. The first-order valence-corrected chi connectivity index (χ1v) is 11.4. The van der Waals surface area contributed by atoms with Gasteiger partial charge in [-0.15, -0.1) is 5.10 Å². The molecule has 0 aliphatic carbocycles. The lowest BCUT2D eigenvalue weighted by atomic mass is 10.3. The molecule has 152 valence electrons. The second kappa shape index (κ2) is 9.01. The van der Waals surface area contributed by atoms with Gasteiger partial charge in [-0.05, 0) is 18.6 Å². The van der Waals surface area contributed by atoms with Crippen LogP contribution in [-0.2, 0) is 21.2 Å². The highest BCUT2D eigenvalue weighted by atomic mass is 32.2. The van der Waals surface area contributed by atoms with E-state index in [0.717, 1.165) is 24.7 Å². The van der Waals surface area contributed by atoms with Crippen molar-refractivity contribution in [2.45, 2.75) is 29.8 Å². The SMILES string of the molecule is CCCc1nc(SCC(=O)N2CCN(S(=O)(=O)c3ccccc3F)CC2)n[nH]1. The van der Waals surface area contributed by atoms with Crippen molar-refractivity contribution in [1.29, 1.82) is 0 Å². The molecule has 2 heterocycles. The molecule has 1 aromatic carbocycles. The smallest absolute Gasteiger partial charge is 0.246 e. The number of aromatic nitrogens is 3. The van der Waals surface area contributed by atoms with E-state index < -0.39 is 15.8 Å². The van der Waals surface area contributed by atoms with Gasteiger partial charge in [0.1, 0.15) is 16.5 Å². The van der Waals surface area contributed by atoms with Crippen LogP contribution in [0.1, 0.15) is 19.2 Å². The van der Waals surface area contributed by atoms with E-state index in [-0.39, 0.29) is 42.7 Å². The summed E-state index contributed by atoms with van der Waals surface area (Å²) in [4.78, 5) is 18.0. The van der Waals surface area contributed by atoms with Crippen LogP contribution in [0.5, 0.6) is 0 Å². The number of hydrogen-bond donors (Lipinski definition) is 1. The third-order valence-electron chi connectivity index (χ3n) is 4.37. The van der Waals surface area contributed by atoms with Crippen molar-refractivity contribution in [2.75, 3.05) is 31.9 Å². The molecule has 28 heavy (non-hydrogen) atoms. The molecule has 2 aromatic rings. The van der Waals surface area contributed by atoms with Gasteiger partial charge in [0.2, 0.25) is 21.1 Å². The third-order valence-corrected chi connectivity index (χ3v) is 7.13. The minimum absolute atomic E-state index is 0.102. The molecular formula is C17H22FN5O3S2. The van der Waals surface area contributed by atoms with Crippen molar-refractivity contribution in [2.24, 2.45) is 0 Å². The largest absolute Gasteiger partial charge is 0.339 e. The maximum Gasteiger partial charge on any atom is 0.246 e. The number of halogens is 1. The molecular weight excluding hydrogens is 405 g/mol. The summed E-state index contributed by atoms with van der Waals surface area (Å²) in [5.41, 5.74) is 0. The van der Waals surface area contributed by atoms with E-state index in [1.54, 1.807) is 4.90 Å². The maximum atomic E-state index is 13.9. The molecule has 1 aliphatic rings. The number of aromatic amines is 1. The second-order valence-electron chi connectivity index (χ2n) is 6.32. The lowest BCUT2D eigenvalue weighted by molar-refractivity contribution is -0.129. The number of aryl methyl sites for hydroxylation is 1. The Labute approximate surface area is 167 Å². The summed E-state index contributed by atoms with van der Waals surface area (Å²) in [5.74, 6) is 0.106. The van der Waals surface area contributed by atoms with Crippen LogP contribution in [0, 0.1) is 5.82 Å². The number of amides is 1. The normalized spacial score (nSPS) is 15.7. The molecule has 1 N–H and O–H groups in total. The van der Waals surface area contributed by atoms with Crippen LogP contribution < -0.4 is 0 Å². The number of thioether (sulfide) groups is 1. The summed E-state index contributed by atoms with van der Waals surface area (Å²) in [7, 11) is -3.91. The minimum Gasteiger partial charge on any atom is -0.339 e. The van der Waals surface area contributed by atoms with Crippen LogP contribution in [0.15, 0.2) is 34.3 Å².